The van der Waals surface area contributed by atoms with Crippen LogP contribution in [0, 0.1) is 0 Å². The van der Waals surface area contributed by atoms with Crippen molar-refractivity contribution in [3.05, 3.63) is 163 Å². The first kappa shape index (κ1) is 29.3. The summed E-state index contributed by atoms with van der Waals surface area (Å²) in [5.41, 5.74) is 11.4. The Morgan fingerprint density at radius 3 is 1.73 bits per heavy atom. The van der Waals surface area contributed by atoms with Crippen LogP contribution >= 0.6 is 0 Å². The Morgan fingerprint density at radius 2 is 0.922 bits per heavy atom. The average molecular weight is 654 g/mol. The highest BCUT2D eigenvalue weighted by molar-refractivity contribution is 6.04. The lowest BCUT2D eigenvalue weighted by Gasteiger charge is -2.21. The second-order valence-electron chi connectivity index (χ2n) is 13.8. The van der Waals surface area contributed by atoms with Crippen molar-refractivity contribution in [2.45, 2.75) is 19.3 Å². The molecule has 0 bridgehead atoms. The number of aromatic nitrogens is 5. The molecule has 0 saturated carbocycles. The Kier molecular flexibility index (Phi) is 6.46. The summed E-state index contributed by atoms with van der Waals surface area (Å²) >= 11 is 0. The summed E-state index contributed by atoms with van der Waals surface area (Å²) in [7, 11) is 0. The summed E-state index contributed by atoms with van der Waals surface area (Å²) in [5.74, 6) is 1.72. The third-order valence-electron chi connectivity index (χ3n) is 10.3. The molecule has 0 spiro atoms. The topological polar surface area (TPSA) is 64.5 Å². The van der Waals surface area contributed by atoms with E-state index in [1.165, 1.54) is 27.6 Å². The van der Waals surface area contributed by atoms with E-state index in [2.05, 4.69) is 123 Å². The minimum Gasteiger partial charge on any atom is -0.245 e. The zero-order valence-corrected chi connectivity index (χ0v) is 28.2. The van der Waals surface area contributed by atoms with Crippen LogP contribution in [0.25, 0.3) is 89.3 Å². The first-order valence-electron chi connectivity index (χ1n) is 17.3. The molecule has 0 amide bonds. The van der Waals surface area contributed by atoms with Crippen LogP contribution in [-0.2, 0) is 5.41 Å². The molecule has 0 fully saturated rings. The van der Waals surface area contributed by atoms with Crippen LogP contribution in [0.3, 0.4) is 0 Å². The molecule has 9 aromatic rings. The highest BCUT2D eigenvalue weighted by atomic mass is 15.0. The minimum absolute atomic E-state index is 0.0865. The number of pyridine rings is 2. The Bertz CT molecular complexity index is 2840. The normalized spacial score (nSPS) is 13.1. The fourth-order valence-corrected chi connectivity index (χ4v) is 7.58. The van der Waals surface area contributed by atoms with Crippen LogP contribution in [0.15, 0.2) is 152 Å². The van der Waals surface area contributed by atoms with Gasteiger partial charge in [0.1, 0.15) is 5.69 Å². The summed E-state index contributed by atoms with van der Waals surface area (Å²) in [6, 6.07) is 52.7. The summed E-state index contributed by atoms with van der Waals surface area (Å²) in [4.78, 5) is 25.4. The van der Waals surface area contributed by atoms with E-state index in [-0.39, 0.29) is 5.41 Å². The molecule has 6 aromatic carbocycles. The lowest BCUT2D eigenvalue weighted by Crippen LogP contribution is -2.14. The van der Waals surface area contributed by atoms with E-state index in [1.807, 2.05) is 42.5 Å². The van der Waals surface area contributed by atoms with Gasteiger partial charge in [-0.3, -0.25) is 0 Å². The van der Waals surface area contributed by atoms with E-state index in [0.717, 1.165) is 49.6 Å². The minimum atomic E-state index is -0.0865. The second-order valence-corrected chi connectivity index (χ2v) is 13.8. The predicted octanol–water partition coefficient (Wildman–Crippen LogP) is 11.1. The molecule has 0 atom stereocenters. The van der Waals surface area contributed by atoms with Gasteiger partial charge in [0.2, 0.25) is 0 Å². The molecular weight excluding hydrogens is 623 g/mol. The summed E-state index contributed by atoms with van der Waals surface area (Å²) in [6.45, 7) is 4.62. The highest BCUT2D eigenvalue weighted by Gasteiger charge is 2.35. The van der Waals surface area contributed by atoms with E-state index in [9.17, 15) is 0 Å². The number of fused-ring (bicyclic) bond motifs is 7. The third kappa shape index (κ3) is 4.81. The van der Waals surface area contributed by atoms with Crippen molar-refractivity contribution in [1.82, 2.24) is 24.9 Å². The Labute approximate surface area is 295 Å². The highest BCUT2D eigenvalue weighted by Crippen LogP contribution is 2.49. The van der Waals surface area contributed by atoms with Gasteiger partial charge in [-0.1, -0.05) is 141 Å². The van der Waals surface area contributed by atoms with Gasteiger partial charge in [-0.05, 0) is 57.3 Å². The van der Waals surface area contributed by atoms with Gasteiger partial charge in [-0.25, -0.2) is 24.9 Å². The SMILES string of the molecule is CC1(C)c2ccccc2-c2ccc(-c3ccc4ccc5ccc(-c6nc(-c7ccccc7)nc(-c7ccc8ccccc8c7)n6)nc5c4n3)cc21. The molecule has 240 valence electrons. The van der Waals surface area contributed by atoms with Crippen LogP contribution in [-0.4, -0.2) is 24.9 Å². The molecule has 51 heavy (non-hydrogen) atoms. The second kappa shape index (κ2) is 11.2. The van der Waals surface area contributed by atoms with Crippen molar-refractivity contribution in [1.29, 1.82) is 0 Å². The largest absolute Gasteiger partial charge is 0.245 e. The van der Waals surface area contributed by atoms with Gasteiger partial charge in [0.05, 0.1) is 16.7 Å². The Hall–Kier alpha value is -6.59. The number of hydrogen-bond donors (Lipinski definition) is 0. The molecule has 10 rings (SSSR count). The summed E-state index contributed by atoms with van der Waals surface area (Å²) < 4.78 is 0. The van der Waals surface area contributed by atoms with Gasteiger partial charge in [-0.2, -0.15) is 0 Å². The van der Waals surface area contributed by atoms with Crippen molar-refractivity contribution >= 4 is 32.6 Å². The maximum Gasteiger partial charge on any atom is 0.182 e. The fourth-order valence-electron chi connectivity index (χ4n) is 7.58. The molecule has 3 heterocycles. The molecule has 0 unspecified atom stereocenters. The van der Waals surface area contributed by atoms with Crippen LogP contribution in [0.1, 0.15) is 25.0 Å². The van der Waals surface area contributed by atoms with E-state index < -0.39 is 0 Å². The molecule has 3 aromatic heterocycles. The first-order valence-corrected chi connectivity index (χ1v) is 17.3. The predicted molar refractivity (Wildman–Crippen MR) is 207 cm³/mol. The van der Waals surface area contributed by atoms with E-state index >= 15 is 0 Å². The standard InChI is InChI=1S/C46H31N5/c1-46(2)37-15-9-8-14-35(37)36-23-20-33(27-38(36)46)39-24-21-29-17-18-30-22-25-40(48-42(30)41(29)47-39)45-50-43(31-11-4-3-5-12-31)49-44(51-45)34-19-16-28-10-6-7-13-32(28)26-34/h3-27H,1-2H3. The lowest BCUT2D eigenvalue weighted by molar-refractivity contribution is 0.660. The zero-order valence-electron chi connectivity index (χ0n) is 28.2. The number of hydrogen-bond acceptors (Lipinski definition) is 5. The van der Waals surface area contributed by atoms with Crippen LogP contribution in [0.4, 0.5) is 0 Å². The quantitative estimate of drug-likeness (QED) is 0.177. The molecule has 1 aliphatic rings. The van der Waals surface area contributed by atoms with Gasteiger partial charge >= 0.3 is 0 Å². The van der Waals surface area contributed by atoms with Crippen molar-refractivity contribution in [3.8, 4) is 56.7 Å². The number of rotatable bonds is 4. The molecule has 0 saturated heterocycles. The van der Waals surface area contributed by atoms with Crippen LogP contribution < -0.4 is 0 Å². The van der Waals surface area contributed by atoms with Gasteiger partial charge in [0.25, 0.3) is 0 Å². The maximum absolute atomic E-state index is 5.27. The van der Waals surface area contributed by atoms with Crippen LogP contribution in [0.5, 0.6) is 0 Å². The van der Waals surface area contributed by atoms with E-state index in [0.29, 0.717) is 23.2 Å². The molecule has 0 radical (unpaired) electrons. The smallest absolute Gasteiger partial charge is 0.182 e. The average Bonchev–Trinajstić information content (AvgIpc) is 3.42. The molecule has 1 aliphatic carbocycles. The van der Waals surface area contributed by atoms with Gasteiger partial charge in [0.15, 0.2) is 17.5 Å². The Balaban J connectivity index is 1.12. The summed E-state index contributed by atoms with van der Waals surface area (Å²) in [5, 5.41) is 4.34. The van der Waals surface area contributed by atoms with Crippen molar-refractivity contribution in [2.75, 3.05) is 0 Å². The molecule has 0 aliphatic heterocycles. The van der Waals surface area contributed by atoms with E-state index in [1.54, 1.807) is 0 Å². The van der Waals surface area contributed by atoms with Crippen molar-refractivity contribution in [3.63, 3.8) is 0 Å². The monoisotopic (exact) mass is 653 g/mol. The Morgan fingerprint density at radius 1 is 0.353 bits per heavy atom. The number of benzene rings is 6. The van der Waals surface area contributed by atoms with E-state index in [4.69, 9.17) is 24.9 Å². The first-order chi connectivity index (χ1) is 25.0. The number of nitrogens with zero attached hydrogens (tertiary/aromatic N) is 5. The van der Waals surface area contributed by atoms with Gasteiger partial charge in [0, 0.05) is 32.9 Å². The molecule has 5 heteroatoms. The summed E-state index contributed by atoms with van der Waals surface area (Å²) in [6.07, 6.45) is 0. The third-order valence-corrected chi connectivity index (χ3v) is 10.3. The van der Waals surface area contributed by atoms with Gasteiger partial charge < -0.3 is 0 Å². The zero-order chi connectivity index (χ0) is 34.1. The maximum atomic E-state index is 5.27. The fraction of sp³-hybridized carbons (Fsp3) is 0.0652. The van der Waals surface area contributed by atoms with Crippen molar-refractivity contribution < 1.29 is 0 Å². The van der Waals surface area contributed by atoms with Gasteiger partial charge in [-0.15, -0.1) is 0 Å². The molecule has 0 N–H and O–H groups in total. The molecular formula is C46H31N5. The van der Waals surface area contributed by atoms with Crippen LogP contribution in [0.2, 0.25) is 0 Å². The lowest BCUT2D eigenvalue weighted by atomic mass is 9.82. The molecule has 5 nitrogen and oxygen atoms in total. The van der Waals surface area contributed by atoms with Crippen molar-refractivity contribution in [2.24, 2.45) is 0 Å².